The van der Waals surface area contributed by atoms with Crippen LogP contribution in [-0.4, -0.2) is 42.4 Å². The Morgan fingerprint density at radius 3 is 1.85 bits per heavy atom. The van der Waals surface area contributed by atoms with Gasteiger partial charge in [0.1, 0.15) is 24.4 Å². The van der Waals surface area contributed by atoms with Crippen LogP contribution in [-0.2, 0) is 36.9 Å². The van der Waals surface area contributed by atoms with Crippen LogP contribution in [0.15, 0.2) is 91.0 Å². The molecule has 0 saturated carbocycles. The molecule has 0 spiro atoms. The minimum atomic E-state index is -1.16. The van der Waals surface area contributed by atoms with E-state index in [0.717, 1.165) is 16.7 Å². The van der Waals surface area contributed by atoms with Crippen molar-refractivity contribution in [3.8, 4) is 0 Å². The first-order valence-electron chi connectivity index (χ1n) is 11.2. The number of fused-ring (bicyclic) bond motifs is 1. The average molecular weight is 449 g/mol. The van der Waals surface area contributed by atoms with Crippen LogP contribution < -0.4 is 0 Å². The summed E-state index contributed by atoms with van der Waals surface area (Å²) in [5.74, 6) is 0. The Morgan fingerprint density at radius 1 is 0.697 bits per heavy atom. The molecule has 2 fully saturated rings. The van der Waals surface area contributed by atoms with E-state index in [1.54, 1.807) is 0 Å². The van der Waals surface area contributed by atoms with Crippen LogP contribution in [0.4, 0.5) is 0 Å². The Labute approximate surface area is 193 Å². The molecule has 3 aromatic carbocycles. The second kappa shape index (κ2) is 10.6. The van der Waals surface area contributed by atoms with Gasteiger partial charge in [0.05, 0.1) is 19.8 Å². The molecule has 6 heteroatoms. The molecule has 6 nitrogen and oxygen atoms in total. The molecule has 0 aromatic heterocycles. The molecule has 2 saturated heterocycles. The average Bonchev–Trinajstić information content (AvgIpc) is 2.88. The van der Waals surface area contributed by atoms with Crippen molar-refractivity contribution in [1.82, 2.24) is 0 Å². The highest BCUT2D eigenvalue weighted by molar-refractivity contribution is 5.17. The van der Waals surface area contributed by atoms with Gasteiger partial charge in [-0.05, 0) is 11.1 Å². The summed E-state index contributed by atoms with van der Waals surface area (Å²) in [4.78, 5) is 0. The normalized spacial score (nSPS) is 29.4. The van der Waals surface area contributed by atoms with Gasteiger partial charge in [-0.25, -0.2) is 0 Å². The van der Waals surface area contributed by atoms with Crippen LogP contribution in [0.1, 0.15) is 23.0 Å². The Morgan fingerprint density at radius 2 is 1.24 bits per heavy atom. The van der Waals surface area contributed by atoms with Gasteiger partial charge in [-0.2, -0.15) is 0 Å². The van der Waals surface area contributed by atoms with Gasteiger partial charge in [0.25, 0.3) is 0 Å². The molecule has 0 amide bonds. The van der Waals surface area contributed by atoms with Gasteiger partial charge in [0, 0.05) is 5.56 Å². The van der Waals surface area contributed by atoms with Crippen LogP contribution in [0.5, 0.6) is 0 Å². The van der Waals surface area contributed by atoms with Gasteiger partial charge in [-0.3, -0.25) is 0 Å². The fraction of sp³-hybridized carbons (Fsp3) is 0.333. The predicted octanol–water partition coefficient (Wildman–Crippen LogP) is 3.99. The molecule has 2 aliphatic heterocycles. The lowest BCUT2D eigenvalue weighted by Gasteiger charge is -2.47. The smallest absolute Gasteiger partial charge is 0.184 e. The lowest BCUT2D eigenvalue weighted by Crippen LogP contribution is -2.63. The van der Waals surface area contributed by atoms with Crippen LogP contribution in [0.25, 0.3) is 0 Å². The number of aliphatic hydroxyl groups is 1. The van der Waals surface area contributed by atoms with Crippen molar-refractivity contribution in [2.24, 2.45) is 0 Å². The topological polar surface area (TPSA) is 66.4 Å². The first kappa shape index (κ1) is 22.2. The van der Waals surface area contributed by atoms with E-state index in [9.17, 15) is 5.11 Å². The molecule has 33 heavy (non-hydrogen) atoms. The number of ether oxygens (including phenoxy) is 5. The van der Waals surface area contributed by atoms with Crippen molar-refractivity contribution in [1.29, 1.82) is 0 Å². The highest BCUT2D eigenvalue weighted by Gasteiger charge is 2.51. The summed E-state index contributed by atoms with van der Waals surface area (Å²) in [5.41, 5.74) is 2.96. The van der Waals surface area contributed by atoms with Crippen molar-refractivity contribution in [3.05, 3.63) is 108 Å². The Hall–Kier alpha value is -2.58. The van der Waals surface area contributed by atoms with E-state index < -0.39 is 37.0 Å². The van der Waals surface area contributed by atoms with E-state index in [4.69, 9.17) is 23.7 Å². The molecule has 6 atom stereocenters. The van der Waals surface area contributed by atoms with Crippen molar-refractivity contribution in [2.75, 3.05) is 6.61 Å². The van der Waals surface area contributed by atoms with Gasteiger partial charge in [0.2, 0.25) is 0 Å². The standard InChI is InChI=1S/C27H28O6/c28-26-25(30-17-20-12-6-2-7-13-20)24(29-16-19-10-4-1-5-11-19)23-22(32-26)18-31-27(33-23)21-14-8-3-9-15-21/h1-15,22-28H,16-18H2/t22-,23+,24+,25-,26+,27?/m1/s1. The van der Waals surface area contributed by atoms with Gasteiger partial charge in [0.15, 0.2) is 12.6 Å². The maximum Gasteiger partial charge on any atom is 0.184 e. The summed E-state index contributed by atoms with van der Waals surface area (Å²) in [5, 5.41) is 10.8. The molecule has 1 unspecified atom stereocenters. The molecular weight excluding hydrogens is 420 g/mol. The van der Waals surface area contributed by atoms with E-state index >= 15 is 0 Å². The van der Waals surface area contributed by atoms with E-state index in [-0.39, 0.29) is 6.61 Å². The number of rotatable bonds is 7. The molecule has 0 radical (unpaired) electrons. The number of hydrogen-bond donors (Lipinski definition) is 1. The van der Waals surface area contributed by atoms with E-state index in [1.807, 2.05) is 91.0 Å². The fourth-order valence-corrected chi connectivity index (χ4v) is 4.24. The predicted molar refractivity (Wildman–Crippen MR) is 121 cm³/mol. The maximum atomic E-state index is 10.8. The lowest BCUT2D eigenvalue weighted by atomic mass is 9.97. The van der Waals surface area contributed by atoms with Gasteiger partial charge in [-0.15, -0.1) is 0 Å². The van der Waals surface area contributed by atoms with Crippen molar-refractivity contribution >= 4 is 0 Å². The minimum Gasteiger partial charge on any atom is -0.368 e. The third-order valence-corrected chi connectivity index (χ3v) is 5.94. The molecule has 0 aliphatic carbocycles. The number of aliphatic hydroxyl groups excluding tert-OH is 1. The highest BCUT2D eigenvalue weighted by Crippen LogP contribution is 2.36. The summed E-state index contributed by atoms with van der Waals surface area (Å²) < 4.78 is 30.6. The SMILES string of the molecule is O[C@H]1O[C@@H]2COC(c3ccccc3)O[C@@H]2[C@H](OCc2ccccc2)[C@H]1OCc1ccccc1. The largest absolute Gasteiger partial charge is 0.368 e. The molecule has 3 aromatic rings. The van der Waals surface area contributed by atoms with E-state index in [1.165, 1.54) is 0 Å². The monoisotopic (exact) mass is 448 g/mol. The minimum absolute atomic E-state index is 0.290. The van der Waals surface area contributed by atoms with E-state index in [0.29, 0.717) is 13.2 Å². The molecule has 0 bridgehead atoms. The maximum absolute atomic E-state index is 10.8. The van der Waals surface area contributed by atoms with Crippen molar-refractivity contribution in [2.45, 2.75) is 50.2 Å². The van der Waals surface area contributed by atoms with Gasteiger partial charge < -0.3 is 28.8 Å². The molecule has 172 valence electrons. The fourth-order valence-electron chi connectivity index (χ4n) is 4.24. The van der Waals surface area contributed by atoms with Gasteiger partial charge in [-0.1, -0.05) is 91.0 Å². The molecule has 1 N–H and O–H groups in total. The Bertz CT molecular complexity index is 983. The summed E-state index contributed by atoms with van der Waals surface area (Å²) in [6.45, 7) is 0.984. The first-order valence-corrected chi connectivity index (χ1v) is 11.2. The summed E-state index contributed by atoms with van der Waals surface area (Å²) >= 11 is 0. The highest BCUT2D eigenvalue weighted by atomic mass is 16.7. The van der Waals surface area contributed by atoms with Crippen LogP contribution >= 0.6 is 0 Å². The molecule has 2 aliphatic rings. The van der Waals surface area contributed by atoms with Crippen molar-refractivity contribution < 1.29 is 28.8 Å². The van der Waals surface area contributed by atoms with Gasteiger partial charge >= 0.3 is 0 Å². The lowest BCUT2D eigenvalue weighted by molar-refractivity contribution is -0.366. The third kappa shape index (κ3) is 5.33. The van der Waals surface area contributed by atoms with E-state index in [2.05, 4.69) is 0 Å². The first-order chi connectivity index (χ1) is 16.3. The Kier molecular flexibility index (Phi) is 7.12. The third-order valence-electron chi connectivity index (χ3n) is 5.94. The summed E-state index contributed by atoms with van der Waals surface area (Å²) in [7, 11) is 0. The quantitative estimate of drug-likeness (QED) is 0.590. The van der Waals surface area contributed by atoms with Crippen LogP contribution in [0.2, 0.25) is 0 Å². The van der Waals surface area contributed by atoms with Crippen LogP contribution in [0, 0.1) is 0 Å². The summed E-state index contributed by atoms with van der Waals surface area (Å²) in [6, 6.07) is 29.5. The second-order valence-electron chi connectivity index (χ2n) is 8.26. The molecular formula is C27H28O6. The zero-order valence-corrected chi connectivity index (χ0v) is 18.2. The van der Waals surface area contributed by atoms with Crippen LogP contribution in [0.3, 0.4) is 0 Å². The van der Waals surface area contributed by atoms with Crippen molar-refractivity contribution in [3.63, 3.8) is 0 Å². The Balaban J connectivity index is 1.36. The number of benzene rings is 3. The number of hydrogen-bond acceptors (Lipinski definition) is 6. The second-order valence-corrected chi connectivity index (χ2v) is 8.26. The zero-order chi connectivity index (χ0) is 22.5. The molecule has 2 heterocycles. The summed E-state index contributed by atoms with van der Waals surface area (Å²) in [6.07, 6.45) is -3.88. The molecule has 5 rings (SSSR count). The zero-order valence-electron chi connectivity index (χ0n) is 18.2.